The predicted octanol–water partition coefficient (Wildman–Crippen LogP) is 4.56. The lowest BCUT2D eigenvalue weighted by atomic mass is 9.88. The summed E-state index contributed by atoms with van der Waals surface area (Å²) in [6, 6.07) is 17.6. The summed E-state index contributed by atoms with van der Waals surface area (Å²) in [5.74, 6) is -1.23. The molecule has 3 aromatic rings. The van der Waals surface area contributed by atoms with Gasteiger partial charge in [-0.2, -0.15) is 0 Å². The van der Waals surface area contributed by atoms with Crippen molar-refractivity contribution in [1.82, 2.24) is 0 Å². The maximum atomic E-state index is 13.4. The van der Waals surface area contributed by atoms with E-state index in [1.807, 2.05) is 31.2 Å². The molecule has 3 aromatic carbocycles. The largest absolute Gasteiger partial charge is 0.375 e. The number of aryl methyl sites for hydroxylation is 1. The fourth-order valence-corrected chi connectivity index (χ4v) is 4.03. The van der Waals surface area contributed by atoms with Crippen molar-refractivity contribution in [2.45, 2.75) is 25.5 Å². The number of non-ortho nitro benzene ring substituents is 1. The molecule has 1 aliphatic rings. The molecule has 1 N–H and O–H groups in total. The van der Waals surface area contributed by atoms with E-state index in [1.54, 1.807) is 12.1 Å². The van der Waals surface area contributed by atoms with E-state index in [4.69, 9.17) is 11.6 Å². The number of benzene rings is 3. The molecule has 0 radical (unpaired) electrons. The van der Waals surface area contributed by atoms with Gasteiger partial charge < -0.3 is 10.0 Å². The molecule has 1 atom stereocenters. The van der Waals surface area contributed by atoms with E-state index >= 15 is 0 Å². The minimum atomic E-state index is -2.13. The Labute approximate surface area is 189 Å². The van der Waals surface area contributed by atoms with E-state index in [-0.39, 0.29) is 23.4 Å². The zero-order chi connectivity index (χ0) is 23.0. The van der Waals surface area contributed by atoms with Gasteiger partial charge in [-0.1, -0.05) is 53.6 Å². The topological polar surface area (TPSA) is 101 Å². The van der Waals surface area contributed by atoms with Crippen LogP contribution in [0.25, 0.3) is 0 Å². The highest BCUT2D eigenvalue weighted by Gasteiger charge is 2.51. The summed E-state index contributed by atoms with van der Waals surface area (Å²) >= 11 is 6.13. The van der Waals surface area contributed by atoms with E-state index in [0.717, 1.165) is 17.2 Å². The Balaban J connectivity index is 1.70. The van der Waals surface area contributed by atoms with Crippen LogP contribution in [0.3, 0.4) is 0 Å². The number of nitro benzene ring substituents is 1. The SMILES string of the molecule is Cc1ccc(CN2C(=O)[C@@](O)(CC(=O)c3cccc([N+](=O)[O-])c3)c3cc(Cl)ccc32)cc1. The first kappa shape index (κ1) is 21.7. The van der Waals surface area contributed by atoms with Gasteiger partial charge in [0, 0.05) is 28.3 Å². The molecule has 0 unspecified atom stereocenters. The Hall–Kier alpha value is -3.55. The quantitative estimate of drug-likeness (QED) is 0.337. The van der Waals surface area contributed by atoms with Gasteiger partial charge in [0.15, 0.2) is 11.4 Å². The van der Waals surface area contributed by atoms with Crippen LogP contribution in [0, 0.1) is 17.0 Å². The molecule has 0 aromatic heterocycles. The highest BCUT2D eigenvalue weighted by atomic mass is 35.5. The van der Waals surface area contributed by atoms with Crippen LogP contribution in [0.2, 0.25) is 5.02 Å². The number of nitro groups is 1. The summed E-state index contributed by atoms with van der Waals surface area (Å²) in [5.41, 5.74) is 0.306. The summed E-state index contributed by atoms with van der Waals surface area (Å²) in [6.07, 6.45) is -0.565. The second-order valence-corrected chi connectivity index (χ2v) is 8.24. The van der Waals surface area contributed by atoms with Gasteiger partial charge in [0.05, 0.1) is 23.6 Å². The Morgan fingerprint density at radius 1 is 1.12 bits per heavy atom. The van der Waals surface area contributed by atoms with Crippen molar-refractivity contribution in [2.75, 3.05) is 4.90 Å². The van der Waals surface area contributed by atoms with Crippen LogP contribution in [0.5, 0.6) is 0 Å². The predicted molar refractivity (Wildman–Crippen MR) is 120 cm³/mol. The number of hydrogen-bond acceptors (Lipinski definition) is 5. The number of nitrogens with zero attached hydrogens (tertiary/aromatic N) is 2. The van der Waals surface area contributed by atoms with Gasteiger partial charge in [-0.05, 0) is 30.7 Å². The lowest BCUT2D eigenvalue weighted by Gasteiger charge is -2.23. The Kier molecular flexibility index (Phi) is 5.54. The van der Waals surface area contributed by atoms with Gasteiger partial charge in [0.25, 0.3) is 11.6 Å². The molecular weight excluding hydrogens is 432 g/mol. The Morgan fingerprint density at radius 2 is 1.84 bits per heavy atom. The molecule has 1 heterocycles. The average molecular weight is 451 g/mol. The molecule has 0 fully saturated rings. The van der Waals surface area contributed by atoms with Gasteiger partial charge in [0.2, 0.25) is 0 Å². The van der Waals surface area contributed by atoms with Crippen molar-refractivity contribution in [3.8, 4) is 0 Å². The standard InChI is InChI=1S/C24H19ClN2O5/c1-15-5-7-16(8-6-15)14-26-21-10-9-18(25)12-20(21)24(30,23(26)29)13-22(28)17-3-2-4-19(11-17)27(31)32/h2-12,30H,13-14H2,1H3/t24-/m1/s1. The van der Waals surface area contributed by atoms with Crippen molar-refractivity contribution >= 4 is 34.7 Å². The summed E-state index contributed by atoms with van der Waals surface area (Å²) in [5, 5.41) is 22.8. The fraction of sp³-hybridized carbons (Fsp3) is 0.167. The van der Waals surface area contributed by atoms with Crippen LogP contribution in [0.1, 0.15) is 33.5 Å². The highest BCUT2D eigenvalue weighted by Crippen LogP contribution is 2.44. The molecular formula is C24H19ClN2O5. The average Bonchev–Trinajstić information content (AvgIpc) is 2.96. The number of fused-ring (bicyclic) bond motifs is 1. The van der Waals surface area contributed by atoms with Crippen LogP contribution in [0.4, 0.5) is 11.4 Å². The van der Waals surface area contributed by atoms with E-state index in [1.165, 1.54) is 29.2 Å². The van der Waals surface area contributed by atoms with Gasteiger partial charge >= 0.3 is 0 Å². The number of rotatable bonds is 6. The number of carbonyl (C=O) groups is 2. The van der Waals surface area contributed by atoms with Crippen molar-refractivity contribution in [3.05, 3.63) is 104 Å². The highest BCUT2D eigenvalue weighted by molar-refractivity contribution is 6.31. The molecule has 7 nitrogen and oxygen atoms in total. The van der Waals surface area contributed by atoms with E-state index in [2.05, 4.69) is 0 Å². The molecule has 4 rings (SSSR count). The van der Waals surface area contributed by atoms with Gasteiger partial charge in [-0.3, -0.25) is 19.7 Å². The Morgan fingerprint density at radius 3 is 2.53 bits per heavy atom. The van der Waals surface area contributed by atoms with Crippen molar-refractivity contribution in [3.63, 3.8) is 0 Å². The van der Waals surface area contributed by atoms with Crippen LogP contribution in [-0.2, 0) is 16.9 Å². The summed E-state index contributed by atoms with van der Waals surface area (Å²) in [4.78, 5) is 38.2. The minimum Gasteiger partial charge on any atom is -0.375 e. The third-order valence-electron chi connectivity index (χ3n) is 5.55. The van der Waals surface area contributed by atoms with E-state index in [9.17, 15) is 24.8 Å². The van der Waals surface area contributed by atoms with Gasteiger partial charge in [-0.25, -0.2) is 0 Å². The van der Waals surface area contributed by atoms with Crippen molar-refractivity contribution < 1.29 is 19.6 Å². The minimum absolute atomic E-state index is 0.0426. The van der Waals surface area contributed by atoms with E-state index in [0.29, 0.717) is 10.7 Å². The van der Waals surface area contributed by atoms with Crippen LogP contribution < -0.4 is 4.90 Å². The molecule has 1 amide bonds. The molecule has 162 valence electrons. The molecule has 32 heavy (non-hydrogen) atoms. The molecule has 0 saturated heterocycles. The van der Waals surface area contributed by atoms with Crippen LogP contribution >= 0.6 is 11.6 Å². The summed E-state index contributed by atoms with van der Waals surface area (Å²) in [6.45, 7) is 2.17. The number of hydrogen-bond donors (Lipinski definition) is 1. The number of amides is 1. The zero-order valence-electron chi connectivity index (χ0n) is 17.1. The number of aliphatic hydroxyl groups is 1. The van der Waals surface area contributed by atoms with Crippen LogP contribution in [0.15, 0.2) is 66.7 Å². The number of anilines is 1. The molecule has 0 aliphatic carbocycles. The molecule has 1 aliphatic heterocycles. The molecule has 0 bridgehead atoms. The monoisotopic (exact) mass is 450 g/mol. The summed E-state index contributed by atoms with van der Waals surface area (Å²) in [7, 11) is 0. The second-order valence-electron chi connectivity index (χ2n) is 7.81. The van der Waals surface area contributed by atoms with Crippen molar-refractivity contribution in [2.24, 2.45) is 0 Å². The number of Topliss-reactive ketones (excluding diaryl/α,β-unsaturated/α-hetero) is 1. The third-order valence-corrected chi connectivity index (χ3v) is 5.79. The number of ketones is 1. The maximum Gasteiger partial charge on any atom is 0.270 e. The summed E-state index contributed by atoms with van der Waals surface area (Å²) < 4.78 is 0. The first-order valence-electron chi connectivity index (χ1n) is 9.86. The first-order chi connectivity index (χ1) is 15.2. The number of halogens is 1. The molecule has 0 spiro atoms. The normalized spacial score (nSPS) is 17.3. The maximum absolute atomic E-state index is 13.4. The first-order valence-corrected chi connectivity index (χ1v) is 10.2. The fourth-order valence-electron chi connectivity index (χ4n) is 3.85. The lowest BCUT2D eigenvalue weighted by Crippen LogP contribution is -2.41. The zero-order valence-corrected chi connectivity index (χ0v) is 17.9. The molecule has 0 saturated carbocycles. The number of carbonyl (C=O) groups excluding carboxylic acids is 2. The van der Waals surface area contributed by atoms with Gasteiger partial charge in [0.1, 0.15) is 0 Å². The van der Waals surface area contributed by atoms with Gasteiger partial charge in [-0.15, -0.1) is 0 Å². The second kappa shape index (κ2) is 8.18. The van der Waals surface area contributed by atoms with Crippen LogP contribution in [-0.4, -0.2) is 21.7 Å². The van der Waals surface area contributed by atoms with Crippen molar-refractivity contribution in [1.29, 1.82) is 0 Å². The van der Waals surface area contributed by atoms with E-state index < -0.39 is 28.6 Å². The molecule has 8 heteroatoms. The smallest absolute Gasteiger partial charge is 0.270 e. The Bertz CT molecular complexity index is 1240. The lowest BCUT2D eigenvalue weighted by molar-refractivity contribution is -0.384. The third kappa shape index (κ3) is 3.88.